The molecular weight excluding hydrogens is 810 g/mol. The molecule has 12 heteroatoms. The largest absolute Gasteiger partial charge is 0.497 e. The van der Waals surface area contributed by atoms with E-state index in [1.165, 1.54) is 17.5 Å². The molecule has 63 heavy (non-hydrogen) atoms. The van der Waals surface area contributed by atoms with Crippen molar-refractivity contribution >= 4 is 41.4 Å². The van der Waals surface area contributed by atoms with Gasteiger partial charge in [0.05, 0.1) is 43.3 Å². The summed E-state index contributed by atoms with van der Waals surface area (Å²) in [5.74, 6) is -0.245. The maximum Gasteiger partial charge on any atom is 0.261 e. The number of amides is 2. The van der Waals surface area contributed by atoms with Gasteiger partial charge in [0.1, 0.15) is 17.0 Å². The number of carbonyl (C=O) groups excluding carboxylic acids is 2. The third kappa shape index (κ3) is 8.61. The third-order valence-corrected chi connectivity index (χ3v) is 17.2. The summed E-state index contributed by atoms with van der Waals surface area (Å²) >= 11 is 0. The van der Waals surface area contributed by atoms with Gasteiger partial charge in [-0.15, -0.1) is 0 Å². The molecule has 0 radical (unpaired) electrons. The van der Waals surface area contributed by atoms with Gasteiger partial charge in [-0.05, 0) is 64.5 Å². The fraction of sp³-hybridized carbons (Fsp3) is 0.255. The molecule has 1 saturated carbocycles. The van der Waals surface area contributed by atoms with Crippen LogP contribution in [0.4, 0.5) is 4.39 Å². The summed E-state index contributed by atoms with van der Waals surface area (Å²) in [5, 5.41) is 10.4. The van der Waals surface area contributed by atoms with E-state index in [0.29, 0.717) is 35.5 Å². The van der Waals surface area contributed by atoms with E-state index in [2.05, 4.69) is 74.6 Å². The zero-order chi connectivity index (χ0) is 44.3. The number of pyridine rings is 1. The average molecular weight is 862 g/mol. The highest BCUT2D eigenvalue weighted by atomic mass is 28.4. The van der Waals surface area contributed by atoms with Crippen LogP contribution in [-0.2, 0) is 11.0 Å². The van der Waals surface area contributed by atoms with Crippen molar-refractivity contribution in [2.45, 2.75) is 69.9 Å². The lowest BCUT2D eigenvalue weighted by Crippen LogP contribution is -2.67. The monoisotopic (exact) mass is 861 g/mol. The first-order valence-electron chi connectivity index (χ1n) is 21.2. The molecule has 3 atom stereocenters. The number of nitrogens with two attached hydrogens (primary N) is 1. The maximum absolute atomic E-state index is 15.7. The van der Waals surface area contributed by atoms with Gasteiger partial charge >= 0.3 is 0 Å². The van der Waals surface area contributed by atoms with Gasteiger partial charge in [-0.25, -0.2) is 4.39 Å². The van der Waals surface area contributed by atoms with Crippen molar-refractivity contribution in [3.63, 3.8) is 0 Å². The molecule has 3 N–H and O–H groups in total. The van der Waals surface area contributed by atoms with E-state index < -0.39 is 26.4 Å². The van der Waals surface area contributed by atoms with E-state index in [1.54, 1.807) is 55.6 Å². The Morgan fingerprint density at radius 1 is 0.841 bits per heavy atom. The lowest BCUT2D eigenvalue weighted by atomic mass is 9.95. The molecule has 1 fully saturated rings. The maximum atomic E-state index is 15.7. The average Bonchev–Trinajstić information content (AvgIpc) is 3.95. The molecule has 2 aromatic heterocycles. The molecule has 10 nitrogen and oxygen atoms in total. The van der Waals surface area contributed by atoms with Crippen molar-refractivity contribution < 1.29 is 27.9 Å². The number of para-hydroxylation sites is 1. The number of hydrogen-bond donors (Lipinski definition) is 2. The summed E-state index contributed by atoms with van der Waals surface area (Å²) in [7, 11) is 0.233. The molecule has 322 valence electrons. The molecule has 0 bridgehead atoms. The number of ether oxygens (including phenoxy) is 2. The topological polar surface area (TPSA) is 131 Å². The number of fused-ring (bicyclic) bond motifs is 1. The van der Waals surface area contributed by atoms with E-state index >= 15 is 4.39 Å². The second-order valence-electron chi connectivity index (χ2n) is 17.1. The van der Waals surface area contributed by atoms with E-state index in [9.17, 15) is 9.59 Å². The number of halogens is 1. The molecular formula is C51H52FN5O5Si. The van der Waals surface area contributed by atoms with E-state index in [-0.39, 0.29) is 33.8 Å². The molecule has 1 aliphatic carbocycles. The number of rotatable bonds is 14. The van der Waals surface area contributed by atoms with Gasteiger partial charge in [0, 0.05) is 34.7 Å². The molecule has 3 unspecified atom stereocenters. The van der Waals surface area contributed by atoms with Crippen LogP contribution >= 0.6 is 0 Å². The number of hydrogen-bond acceptors (Lipinski definition) is 7. The smallest absolute Gasteiger partial charge is 0.261 e. The van der Waals surface area contributed by atoms with Crippen LogP contribution in [0, 0.1) is 0 Å². The molecule has 0 aliphatic heterocycles. The Morgan fingerprint density at radius 3 is 2.08 bits per heavy atom. The van der Waals surface area contributed by atoms with Gasteiger partial charge in [0.15, 0.2) is 6.30 Å². The van der Waals surface area contributed by atoms with Crippen LogP contribution < -0.4 is 30.9 Å². The van der Waals surface area contributed by atoms with Crippen LogP contribution in [0.3, 0.4) is 0 Å². The fourth-order valence-electron chi connectivity index (χ4n) is 9.05. The number of aromatic nitrogens is 3. The SMILES string of the molecule is COc1ccc(Cn2cc3c(C4CCC(O[Si](c5ccccc5)(c5ccccc5)C(C)(C)C)C4)nc(-c4ccc(C(F)NC(=O)c5ccccc5OC)cc4)c(C(N)=O)c3n2)cc1. The highest BCUT2D eigenvalue weighted by Crippen LogP contribution is 2.45. The quantitative estimate of drug-likeness (QED) is 0.0826. The zero-order valence-corrected chi connectivity index (χ0v) is 37.2. The van der Waals surface area contributed by atoms with Gasteiger partial charge < -0.3 is 25.0 Å². The van der Waals surface area contributed by atoms with Crippen molar-refractivity contribution in [1.82, 2.24) is 20.1 Å². The van der Waals surface area contributed by atoms with Crippen LogP contribution in [0.1, 0.15) is 89.8 Å². The van der Waals surface area contributed by atoms with Crippen LogP contribution in [0.5, 0.6) is 11.5 Å². The predicted octanol–water partition coefficient (Wildman–Crippen LogP) is 8.87. The highest BCUT2D eigenvalue weighted by Gasteiger charge is 2.52. The highest BCUT2D eigenvalue weighted by molar-refractivity contribution is 6.99. The summed E-state index contributed by atoms with van der Waals surface area (Å²) in [6.45, 7) is 7.29. The second-order valence-corrected chi connectivity index (χ2v) is 21.3. The normalized spacial score (nSPS) is 15.8. The Morgan fingerprint density at radius 2 is 1.48 bits per heavy atom. The minimum absolute atomic E-state index is 0.0327. The van der Waals surface area contributed by atoms with Gasteiger partial charge in [-0.3, -0.25) is 19.3 Å². The summed E-state index contributed by atoms with van der Waals surface area (Å²) in [4.78, 5) is 31.9. The number of methoxy groups -OCH3 is 2. The first-order valence-corrected chi connectivity index (χ1v) is 23.1. The fourth-order valence-corrected chi connectivity index (χ4v) is 13.8. The Bertz CT molecular complexity index is 2680. The van der Waals surface area contributed by atoms with E-state index in [1.807, 2.05) is 47.3 Å². The minimum Gasteiger partial charge on any atom is -0.497 e. The van der Waals surface area contributed by atoms with Crippen molar-refractivity contribution in [1.29, 1.82) is 0 Å². The summed E-state index contributed by atoms with van der Waals surface area (Å²) in [6.07, 6.45) is 2.39. The third-order valence-electron chi connectivity index (χ3n) is 12.1. The molecule has 2 amide bonds. The van der Waals surface area contributed by atoms with Gasteiger partial charge in [0.2, 0.25) is 0 Å². The molecule has 5 aromatic carbocycles. The molecule has 0 saturated heterocycles. The van der Waals surface area contributed by atoms with Crippen LogP contribution in [0.15, 0.2) is 140 Å². The number of primary amides is 1. The molecule has 1 aliphatic rings. The number of carbonyl (C=O) groups is 2. The Labute approximate surface area is 368 Å². The Balaban J connectivity index is 1.17. The van der Waals surface area contributed by atoms with Crippen LogP contribution in [0.2, 0.25) is 5.04 Å². The summed E-state index contributed by atoms with van der Waals surface area (Å²) < 4.78 is 35.8. The number of nitrogens with zero attached hydrogens (tertiary/aromatic N) is 3. The first-order chi connectivity index (χ1) is 30.4. The van der Waals surface area contributed by atoms with Crippen LogP contribution in [-0.4, -0.2) is 55.2 Å². The van der Waals surface area contributed by atoms with E-state index in [0.717, 1.165) is 35.2 Å². The minimum atomic E-state index is -2.85. The molecule has 0 spiro atoms. The standard InChI is InChI=1S/C51H52FN5O5Si/c1-51(2,3)63(39-14-8-6-9-15-39,40-16-10-7-11-17-40)62-38-29-26-36(30-38)45-42-32-57(31-33-20-27-37(60-4)28-21-33)56-47(42)44(49(53)58)46(54-45)34-22-24-35(25-23-34)48(52)55-50(59)41-18-12-13-19-43(41)61-5/h6-25,27-28,32,36,38,48H,26,29-31H2,1-5H3,(H2,53,58)(H,55,59). The van der Waals surface area contributed by atoms with Gasteiger partial charge in [-0.2, -0.15) is 5.10 Å². The van der Waals surface area contributed by atoms with Gasteiger partial charge in [0.25, 0.3) is 20.1 Å². The van der Waals surface area contributed by atoms with Crippen molar-refractivity contribution in [3.05, 3.63) is 168 Å². The second kappa shape index (κ2) is 18.0. The van der Waals surface area contributed by atoms with E-state index in [4.69, 9.17) is 29.7 Å². The lowest BCUT2D eigenvalue weighted by molar-refractivity contribution is 0.0890. The van der Waals surface area contributed by atoms with Crippen molar-refractivity contribution in [2.24, 2.45) is 5.73 Å². The Hall–Kier alpha value is -6.63. The summed E-state index contributed by atoms with van der Waals surface area (Å²) in [5.41, 5.74) is 9.96. The lowest BCUT2D eigenvalue weighted by Gasteiger charge is -2.44. The predicted molar refractivity (Wildman–Crippen MR) is 247 cm³/mol. The van der Waals surface area contributed by atoms with Gasteiger partial charge in [-0.1, -0.05) is 130 Å². The number of benzene rings is 5. The van der Waals surface area contributed by atoms with Crippen molar-refractivity contribution in [3.8, 4) is 22.8 Å². The molecule has 2 heterocycles. The number of nitrogens with one attached hydrogen (secondary N) is 1. The summed E-state index contributed by atoms with van der Waals surface area (Å²) in [6, 6.07) is 42.2. The number of alkyl halides is 1. The first kappa shape index (κ1) is 43.0. The molecule has 7 aromatic rings. The Kier molecular flexibility index (Phi) is 12.3. The van der Waals surface area contributed by atoms with Crippen molar-refractivity contribution in [2.75, 3.05) is 14.2 Å². The van der Waals surface area contributed by atoms with Crippen LogP contribution in [0.25, 0.3) is 22.2 Å². The molecule has 8 rings (SSSR count). The zero-order valence-electron chi connectivity index (χ0n) is 36.2.